The van der Waals surface area contributed by atoms with E-state index in [4.69, 9.17) is 0 Å². The predicted molar refractivity (Wildman–Crippen MR) is 58.7 cm³/mol. The van der Waals surface area contributed by atoms with E-state index in [-0.39, 0.29) is 11.5 Å². The van der Waals surface area contributed by atoms with Crippen LogP contribution in [0, 0.1) is 17.3 Å². The van der Waals surface area contributed by atoms with Gasteiger partial charge >= 0.3 is 0 Å². The summed E-state index contributed by atoms with van der Waals surface area (Å²) in [5, 5.41) is 10.1. The van der Waals surface area contributed by atoms with Crippen LogP contribution >= 0.6 is 0 Å². The van der Waals surface area contributed by atoms with E-state index >= 15 is 0 Å². The molecule has 0 spiro atoms. The Morgan fingerprint density at radius 1 is 1.15 bits per heavy atom. The SMILES string of the molecule is CCC(C)(C)C(O)C(C)CC(C)C. The van der Waals surface area contributed by atoms with Crippen molar-refractivity contribution in [3.8, 4) is 0 Å². The van der Waals surface area contributed by atoms with Crippen molar-refractivity contribution in [2.75, 3.05) is 0 Å². The molecule has 0 saturated carbocycles. The molecule has 0 heterocycles. The van der Waals surface area contributed by atoms with Crippen molar-refractivity contribution in [3.05, 3.63) is 0 Å². The lowest BCUT2D eigenvalue weighted by Gasteiger charge is -2.34. The van der Waals surface area contributed by atoms with Gasteiger partial charge in [-0.2, -0.15) is 0 Å². The molecule has 1 heteroatoms. The molecule has 1 N–H and O–H groups in total. The third-order valence-corrected chi connectivity index (χ3v) is 3.09. The van der Waals surface area contributed by atoms with Crippen LogP contribution in [-0.4, -0.2) is 11.2 Å². The molecule has 1 nitrogen and oxygen atoms in total. The van der Waals surface area contributed by atoms with E-state index in [2.05, 4.69) is 41.5 Å². The van der Waals surface area contributed by atoms with Crippen molar-refractivity contribution >= 4 is 0 Å². The highest BCUT2D eigenvalue weighted by Gasteiger charge is 2.30. The molecule has 0 fully saturated rings. The summed E-state index contributed by atoms with van der Waals surface area (Å²) in [7, 11) is 0. The Bertz CT molecular complexity index is 138. The first kappa shape index (κ1) is 13.0. The highest BCUT2D eigenvalue weighted by molar-refractivity contribution is 4.80. The van der Waals surface area contributed by atoms with Crippen molar-refractivity contribution < 1.29 is 5.11 Å². The van der Waals surface area contributed by atoms with Gasteiger partial charge in [-0.15, -0.1) is 0 Å². The molecule has 0 aliphatic carbocycles. The molecular formula is C12H26O. The fourth-order valence-electron chi connectivity index (χ4n) is 1.85. The Labute approximate surface area is 83.5 Å². The fourth-order valence-corrected chi connectivity index (χ4v) is 1.85. The van der Waals surface area contributed by atoms with Gasteiger partial charge in [0, 0.05) is 0 Å². The number of rotatable bonds is 5. The van der Waals surface area contributed by atoms with E-state index in [1.165, 1.54) is 0 Å². The number of hydrogen-bond donors (Lipinski definition) is 1. The van der Waals surface area contributed by atoms with Crippen LogP contribution in [0.15, 0.2) is 0 Å². The van der Waals surface area contributed by atoms with Crippen molar-refractivity contribution in [2.45, 2.75) is 60.5 Å². The second-order valence-electron chi connectivity index (χ2n) is 5.39. The Hall–Kier alpha value is -0.0400. The van der Waals surface area contributed by atoms with Gasteiger partial charge in [0.05, 0.1) is 6.10 Å². The van der Waals surface area contributed by atoms with E-state index in [0.717, 1.165) is 12.8 Å². The molecule has 0 aromatic carbocycles. The van der Waals surface area contributed by atoms with E-state index in [0.29, 0.717) is 11.8 Å². The van der Waals surface area contributed by atoms with Crippen LogP contribution in [0.1, 0.15) is 54.4 Å². The first-order valence-electron chi connectivity index (χ1n) is 5.49. The molecule has 2 unspecified atom stereocenters. The van der Waals surface area contributed by atoms with Gasteiger partial charge in [-0.25, -0.2) is 0 Å². The monoisotopic (exact) mass is 186 g/mol. The minimum Gasteiger partial charge on any atom is -0.392 e. The summed E-state index contributed by atoms with van der Waals surface area (Å²) in [5.74, 6) is 1.09. The lowest BCUT2D eigenvalue weighted by Crippen LogP contribution is -2.34. The zero-order valence-corrected chi connectivity index (χ0v) is 10.1. The second kappa shape index (κ2) is 4.99. The normalized spacial score (nSPS) is 17.5. The lowest BCUT2D eigenvalue weighted by molar-refractivity contribution is -0.00147. The molecule has 0 rings (SSSR count). The molecule has 0 aromatic heterocycles. The van der Waals surface area contributed by atoms with E-state index < -0.39 is 0 Å². The first-order valence-corrected chi connectivity index (χ1v) is 5.49. The van der Waals surface area contributed by atoms with Crippen molar-refractivity contribution in [1.82, 2.24) is 0 Å². The molecule has 80 valence electrons. The van der Waals surface area contributed by atoms with Gasteiger partial charge in [0.1, 0.15) is 0 Å². The van der Waals surface area contributed by atoms with Crippen molar-refractivity contribution in [3.63, 3.8) is 0 Å². The second-order valence-corrected chi connectivity index (χ2v) is 5.39. The van der Waals surface area contributed by atoms with Crippen molar-refractivity contribution in [1.29, 1.82) is 0 Å². The standard InChI is InChI=1S/C12H26O/c1-7-12(5,6)11(13)10(4)8-9(2)3/h9-11,13H,7-8H2,1-6H3. The molecule has 0 aliphatic heterocycles. The van der Waals surface area contributed by atoms with Gasteiger partial charge in [0.15, 0.2) is 0 Å². The molecule has 0 bridgehead atoms. The van der Waals surface area contributed by atoms with Gasteiger partial charge in [0.25, 0.3) is 0 Å². The maximum Gasteiger partial charge on any atom is 0.0616 e. The smallest absolute Gasteiger partial charge is 0.0616 e. The minimum absolute atomic E-state index is 0.0638. The average Bonchev–Trinajstić information content (AvgIpc) is 2.01. The van der Waals surface area contributed by atoms with E-state index in [9.17, 15) is 5.11 Å². The van der Waals surface area contributed by atoms with Gasteiger partial charge < -0.3 is 5.11 Å². The maximum atomic E-state index is 10.1. The molecule has 0 aromatic rings. The molecule has 0 radical (unpaired) electrons. The Kier molecular flexibility index (Phi) is 4.98. The number of hydrogen-bond acceptors (Lipinski definition) is 1. The Morgan fingerprint density at radius 3 is 1.92 bits per heavy atom. The van der Waals surface area contributed by atoms with Crippen LogP contribution in [0.5, 0.6) is 0 Å². The predicted octanol–water partition coefficient (Wildman–Crippen LogP) is 3.47. The van der Waals surface area contributed by atoms with E-state index in [1.807, 2.05) is 0 Å². The summed E-state index contributed by atoms with van der Waals surface area (Å²) in [6.45, 7) is 13.0. The van der Waals surface area contributed by atoms with Crippen molar-refractivity contribution in [2.24, 2.45) is 17.3 Å². The van der Waals surface area contributed by atoms with Crippen LogP contribution in [0.4, 0.5) is 0 Å². The number of aliphatic hydroxyl groups excluding tert-OH is 1. The van der Waals surface area contributed by atoms with Gasteiger partial charge in [0.2, 0.25) is 0 Å². The average molecular weight is 186 g/mol. The highest BCUT2D eigenvalue weighted by Crippen LogP contribution is 2.31. The molecule has 0 amide bonds. The van der Waals surface area contributed by atoms with Crippen LogP contribution in [-0.2, 0) is 0 Å². The summed E-state index contributed by atoms with van der Waals surface area (Å²) in [6, 6.07) is 0. The van der Waals surface area contributed by atoms with E-state index in [1.54, 1.807) is 0 Å². The van der Waals surface area contributed by atoms with Gasteiger partial charge in [-0.1, -0.05) is 41.5 Å². The summed E-state index contributed by atoms with van der Waals surface area (Å²) < 4.78 is 0. The van der Waals surface area contributed by atoms with Gasteiger partial charge in [-0.3, -0.25) is 0 Å². The van der Waals surface area contributed by atoms with Crippen LogP contribution in [0.3, 0.4) is 0 Å². The summed E-state index contributed by atoms with van der Waals surface area (Å²) >= 11 is 0. The van der Waals surface area contributed by atoms with Crippen LogP contribution < -0.4 is 0 Å². The zero-order chi connectivity index (χ0) is 10.6. The topological polar surface area (TPSA) is 20.2 Å². The zero-order valence-electron chi connectivity index (χ0n) is 10.1. The highest BCUT2D eigenvalue weighted by atomic mass is 16.3. The lowest BCUT2D eigenvalue weighted by atomic mass is 9.76. The van der Waals surface area contributed by atoms with Gasteiger partial charge in [-0.05, 0) is 30.1 Å². The fraction of sp³-hybridized carbons (Fsp3) is 1.00. The summed E-state index contributed by atoms with van der Waals surface area (Å²) in [4.78, 5) is 0. The Morgan fingerprint density at radius 2 is 1.62 bits per heavy atom. The minimum atomic E-state index is -0.167. The largest absolute Gasteiger partial charge is 0.392 e. The number of aliphatic hydroxyl groups is 1. The summed E-state index contributed by atoms with van der Waals surface area (Å²) in [6.07, 6.45) is 1.99. The molecule has 0 saturated heterocycles. The quantitative estimate of drug-likeness (QED) is 0.697. The van der Waals surface area contributed by atoms with Crippen LogP contribution in [0.2, 0.25) is 0 Å². The molecule has 13 heavy (non-hydrogen) atoms. The van der Waals surface area contributed by atoms with Crippen LogP contribution in [0.25, 0.3) is 0 Å². The Balaban J connectivity index is 4.16. The third kappa shape index (κ3) is 4.12. The molecule has 0 aliphatic rings. The molecular weight excluding hydrogens is 160 g/mol. The maximum absolute atomic E-state index is 10.1. The summed E-state index contributed by atoms with van der Waals surface area (Å²) in [5.41, 5.74) is 0.0638. The third-order valence-electron chi connectivity index (χ3n) is 3.09. The first-order chi connectivity index (χ1) is 5.81. The molecule has 2 atom stereocenters.